The maximum absolute atomic E-state index is 13.7. The van der Waals surface area contributed by atoms with Crippen LogP contribution in [0, 0.1) is 5.82 Å². The van der Waals surface area contributed by atoms with Crippen molar-refractivity contribution in [2.45, 2.75) is 19.0 Å². The van der Waals surface area contributed by atoms with E-state index in [4.69, 9.17) is 28.9 Å². The molecule has 6 heteroatoms. The molecule has 0 aromatic heterocycles. The first kappa shape index (κ1) is 16.0. The van der Waals surface area contributed by atoms with Crippen LogP contribution in [0.1, 0.15) is 18.5 Å². The molecule has 3 nitrogen and oxygen atoms in total. The molecule has 1 saturated heterocycles. The van der Waals surface area contributed by atoms with Gasteiger partial charge in [-0.3, -0.25) is 4.90 Å². The van der Waals surface area contributed by atoms with Crippen LogP contribution in [0.3, 0.4) is 0 Å². The van der Waals surface area contributed by atoms with Crippen molar-refractivity contribution in [1.82, 2.24) is 9.80 Å². The molecule has 1 heterocycles. The van der Waals surface area contributed by atoms with E-state index < -0.39 is 5.82 Å². The Morgan fingerprint density at radius 3 is 2.70 bits per heavy atom. The molecular weight excluding hydrogens is 300 g/mol. The fourth-order valence-corrected chi connectivity index (χ4v) is 3.32. The minimum absolute atomic E-state index is 0.0107. The molecule has 20 heavy (non-hydrogen) atoms. The Bertz CT molecular complexity index is 484. The lowest BCUT2D eigenvalue weighted by Crippen LogP contribution is -2.55. The molecule has 0 aliphatic carbocycles. The minimum Gasteiger partial charge on any atom is -0.329 e. The first-order chi connectivity index (χ1) is 9.43. The zero-order valence-electron chi connectivity index (χ0n) is 11.7. The summed E-state index contributed by atoms with van der Waals surface area (Å²) in [7, 11) is 2.08. The van der Waals surface area contributed by atoms with Crippen LogP contribution in [0.15, 0.2) is 12.1 Å². The van der Waals surface area contributed by atoms with E-state index in [2.05, 4.69) is 16.8 Å². The van der Waals surface area contributed by atoms with Crippen molar-refractivity contribution >= 4 is 23.2 Å². The lowest BCUT2D eigenvalue weighted by Gasteiger charge is -2.43. The minimum atomic E-state index is -0.434. The van der Waals surface area contributed by atoms with E-state index in [0.717, 1.165) is 25.2 Å². The van der Waals surface area contributed by atoms with Crippen LogP contribution in [0.25, 0.3) is 0 Å². The van der Waals surface area contributed by atoms with Gasteiger partial charge >= 0.3 is 0 Å². The number of hydrogen-bond acceptors (Lipinski definition) is 3. The van der Waals surface area contributed by atoms with E-state index in [0.29, 0.717) is 11.6 Å². The summed E-state index contributed by atoms with van der Waals surface area (Å²) in [4.78, 5) is 4.54. The van der Waals surface area contributed by atoms with Crippen LogP contribution in [0.5, 0.6) is 0 Å². The zero-order chi connectivity index (χ0) is 14.9. The smallest absolute Gasteiger partial charge is 0.142 e. The number of nitrogens with zero attached hydrogens (tertiary/aromatic N) is 2. The number of piperazine rings is 1. The molecule has 2 unspecified atom stereocenters. The molecule has 1 aromatic carbocycles. The molecule has 0 saturated carbocycles. The summed E-state index contributed by atoms with van der Waals surface area (Å²) in [6.07, 6.45) is 0. The Morgan fingerprint density at radius 2 is 2.05 bits per heavy atom. The largest absolute Gasteiger partial charge is 0.329 e. The molecule has 1 fully saturated rings. The van der Waals surface area contributed by atoms with Crippen molar-refractivity contribution in [3.8, 4) is 0 Å². The second-order valence-electron chi connectivity index (χ2n) is 5.35. The van der Waals surface area contributed by atoms with Crippen molar-refractivity contribution in [3.05, 3.63) is 33.6 Å². The Labute approximate surface area is 129 Å². The molecule has 0 amide bonds. The standard InChI is InChI=1S/C14H20Cl2FN3/c1-9(11-5-14(17)13(16)6-12(11)15)20-4-3-19(2)8-10(20)7-18/h5-6,9-10H,3-4,7-8,18H2,1-2H3. The summed E-state index contributed by atoms with van der Waals surface area (Å²) >= 11 is 12.0. The van der Waals surface area contributed by atoms with Gasteiger partial charge in [0.25, 0.3) is 0 Å². The molecule has 1 aromatic rings. The fourth-order valence-electron chi connectivity index (χ4n) is 2.78. The van der Waals surface area contributed by atoms with Crippen LogP contribution in [0.4, 0.5) is 4.39 Å². The van der Waals surface area contributed by atoms with Gasteiger partial charge in [-0.1, -0.05) is 23.2 Å². The van der Waals surface area contributed by atoms with E-state index in [-0.39, 0.29) is 17.1 Å². The highest BCUT2D eigenvalue weighted by molar-refractivity contribution is 6.35. The van der Waals surface area contributed by atoms with Gasteiger partial charge in [-0.2, -0.15) is 0 Å². The third-order valence-electron chi connectivity index (χ3n) is 3.99. The van der Waals surface area contributed by atoms with Gasteiger partial charge in [-0.25, -0.2) is 4.39 Å². The average molecular weight is 320 g/mol. The van der Waals surface area contributed by atoms with Gasteiger partial charge < -0.3 is 10.6 Å². The van der Waals surface area contributed by atoms with Gasteiger partial charge in [0.05, 0.1) is 5.02 Å². The van der Waals surface area contributed by atoms with Crippen LogP contribution < -0.4 is 5.73 Å². The summed E-state index contributed by atoms with van der Waals surface area (Å²) < 4.78 is 13.7. The predicted octanol–water partition coefficient (Wildman–Crippen LogP) is 2.77. The number of hydrogen-bond donors (Lipinski definition) is 1. The molecule has 0 radical (unpaired) electrons. The summed E-state index contributed by atoms with van der Waals surface area (Å²) in [5.74, 6) is -0.434. The highest BCUT2D eigenvalue weighted by Gasteiger charge is 2.29. The quantitative estimate of drug-likeness (QED) is 0.869. The monoisotopic (exact) mass is 319 g/mol. The van der Waals surface area contributed by atoms with Gasteiger partial charge in [0, 0.05) is 43.3 Å². The van der Waals surface area contributed by atoms with Crippen molar-refractivity contribution in [3.63, 3.8) is 0 Å². The molecule has 2 atom stereocenters. The molecule has 112 valence electrons. The van der Waals surface area contributed by atoms with E-state index in [1.165, 1.54) is 12.1 Å². The SMILES string of the molecule is CC(c1cc(F)c(Cl)cc1Cl)N1CCN(C)CC1CN. The molecule has 1 aliphatic heterocycles. The number of likely N-dealkylation sites (N-methyl/N-ethyl adjacent to an activating group) is 1. The van der Waals surface area contributed by atoms with Crippen molar-refractivity contribution in [1.29, 1.82) is 0 Å². The maximum atomic E-state index is 13.7. The molecule has 0 bridgehead atoms. The number of rotatable bonds is 3. The average Bonchev–Trinajstić information content (AvgIpc) is 2.42. The lowest BCUT2D eigenvalue weighted by molar-refractivity contribution is 0.0620. The van der Waals surface area contributed by atoms with E-state index in [1.54, 1.807) is 0 Å². The summed E-state index contributed by atoms with van der Waals surface area (Å²) in [6, 6.07) is 3.16. The van der Waals surface area contributed by atoms with E-state index in [1.807, 2.05) is 6.92 Å². The fraction of sp³-hybridized carbons (Fsp3) is 0.571. The third-order valence-corrected chi connectivity index (χ3v) is 4.61. The van der Waals surface area contributed by atoms with Crippen LogP contribution in [-0.2, 0) is 0 Å². The van der Waals surface area contributed by atoms with Crippen LogP contribution in [0.2, 0.25) is 10.0 Å². The number of halogens is 3. The van der Waals surface area contributed by atoms with Crippen LogP contribution >= 0.6 is 23.2 Å². The summed E-state index contributed by atoms with van der Waals surface area (Å²) in [6.45, 7) is 5.37. The predicted molar refractivity (Wildman–Crippen MR) is 81.9 cm³/mol. The molecular formula is C14H20Cl2FN3. The van der Waals surface area contributed by atoms with E-state index >= 15 is 0 Å². The Hall–Kier alpha value is -0.390. The van der Waals surface area contributed by atoms with Crippen LogP contribution in [-0.4, -0.2) is 49.1 Å². The third kappa shape index (κ3) is 3.26. The Morgan fingerprint density at radius 1 is 1.35 bits per heavy atom. The highest BCUT2D eigenvalue weighted by atomic mass is 35.5. The first-order valence-corrected chi connectivity index (χ1v) is 7.48. The number of nitrogens with two attached hydrogens (primary N) is 1. The maximum Gasteiger partial charge on any atom is 0.142 e. The normalized spacial score (nSPS) is 23.0. The number of benzene rings is 1. The molecule has 1 aliphatic rings. The second-order valence-corrected chi connectivity index (χ2v) is 6.17. The molecule has 2 rings (SSSR count). The second kappa shape index (κ2) is 6.58. The van der Waals surface area contributed by atoms with Crippen molar-refractivity contribution in [2.24, 2.45) is 5.73 Å². The van der Waals surface area contributed by atoms with E-state index in [9.17, 15) is 4.39 Å². The van der Waals surface area contributed by atoms with Crippen molar-refractivity contribution < 1.29 is 4.39 Å². The highest BCUT2D eigenvalue weighted by Crippen LogP contribution is 2.33. The summed E-state index contributed by atoms with van der Waals surface area (Å²) in [5, 5.41) is 0.554. The molecule has 0 spiro atoms. The topological polar surface area (TPSA) is 32.5 Å². The first-order valence-electron chi connectivity index (χ1n) is 6.72. The Balaban J connectivity index is 2.26. The summed E-state index contributed by atoms with van der Waals surface area (Å²) in [5.41, 5.74) is 6.63. The van der Waals surface area contributed by atoms with Crippen molar-refractivity contribution in [2.75, 3.05) is 33.2 Å². The van der Waals surface area contributed by atoms with Gasteiger partial charge in [0.1, 0.15) is 5.82 Å². The zero-order valence-corrected chi connectivity index (χ0v) is 13.3. The Kier molecular flexibility index (Phi) is 5.26. The molecule has 2 N–H and O–H groups in total. The lowest BCUT2D eigenvalue weighted by atomic mass is 10.0. The van der Waals surface area contributed by atoms with Gasteiger partial charge in [-0.15, -0.1) is 0 Å². The van der Waals surface area contributed by atoms with Gasteiger partial charge in [-0.05, 0) is 31.7 Å². The van der Waals surface area contributed by atoms with Gasteiger partial charge in [0.15, 0.2) is 0 Å². The van der Waals surface area contributed by atoms with Gasteiger partial charge in [0.2, 0.25) is 0 Å².